The second kappa shape index (κ2) is 8.12. The van der Waals surface area contributed by atoms with E-state index < -0.39 is 0 Å². The highest BCUT2D eigenvalue weighted by molar-refractivity contribution is 6.30. The summed E-state index contributed by atoms with van der Waals surface area (Å²) in [6.45, 7) is 1.38. The number of carbonyl (C=O) groups is 1. The van der Waals surface area contributed by atoms with Gasteiger partial charge in [0.15, 0.2) is 0 Å². The molecule has 0 spiro atoms. The molecule has 2 aromatic heterocycles. The number of amides is 1. The van der Waals surface area contributed by atoms with Crippen LogP contribution in [0.15, 0.2) is 55.1 Å². The van der Waals surface area contributed by atoms with E-state index in [1.807, 2.05) is 45.9 Å². The van der Waals surface area contributed by atoms with Crippen LogP contribution in [0.25, 0.3) is 22.5 Å². The number of hydrogen-bond acceptors (Lipinski definition) is 4. The zero-order valence-electron chi connectivity index (χ0n) is 15.3. The van der Waals surface area contributed by atoms with Gasteiger partial charge in [-0.15, -0.1) is 0 Å². The Morgan fingerprint density at radius 1 is 1.07 bits per heavy atom. The van der Waals surface area contributed by atoms with Gasteiger partial charge >= 0.3 is 0 Å². The number of carbonyl (C=O) groups excluding carboxylic acids is 1. The van der Waals surface area contributed by atoms with Crippen molar-refractivity contribution in [2.24, 2.45) is 0 Å². The van der Waals surface area contributed by atoms with E-state index in [2.05, 4.69) is 9.97 Å². The fraction of sp³-hybridized carbons (Fsp3) is 0.286. The maximum absolute atomic E-state index is 12.8. The number of rotatable bonds is 4. The Kier molecular flexibility index (Phi) is 5.41. The summed E-state index contributed by atoms with van der Waals surface area (Å²) in [5, 5.41) is 10.3. The van der Waals surface area contributed by atoms with Crippen molar-refractivity contribution in [3.8, 4) is 22.5 Å². The van der Waals surface area contributed by atoms with Gasteiger partial charge in [0, 0.05) is 41.6 Å². The minimum Gasteiger partial charge on any atom is -0.393 e. The van der Waals surface area contributed by atoms with Crippen molar-refractivity contribution in [1.82, 2.24) is 19.4 Å². The number of aromatic nitrogens is 3. The molecule has 1 N–H and O–H groups in total. The van der Waals surface area contributed by atoms with Crippen LogP contribution in [-0.2, 0) is 11.3 Å². The van der Waals surface area contributed by atoms with Crippen LogP contribution in [0.4, 0.5) is 0 Å². The SMILES string of the molecule is O=C(Cn1cnc(-c2ccc(Cl)cc2)c1-c1ccncc1)N1CCC(O)CC1. The molecular weight excluding hydrogens is 376 g/mol. The third-order valence-electron chi connectivity index (χ3n) is 5.03. The van der Waals surface area contributed by atoms with E-state index in [9.17, 15) is 9.90 Å². The average Bonchev–Trinajstić information content (AvgIpc) is 3.13. The number of halogens is 1. The number of likely N-dealkylation sites (tertiary alicyclic amines) is 1. The zero-order valence-corrected chi connectivity index (χ0v) is 16.1. The lowest BCUT2D eigenvalue weighted by atomic mass is 10.1. The Morgan fingerprint density at radius 2 is 1.75 bits per heavy atom. The predicted molar refractivity (Wildman–Crippen MR) is 108 cm³/mol. The van der Waals surface area contributed by atoms with Gasteiger partial charge in [-0.25, -0.2) is 4.98 Å². The molecule has 1 amide bonds. The van der Waals surface area contributed by atoms with E-state index in [4.69, 9.17) is 11.6 Å². The summed E-state index contributed by atoms with van der Waals surface area (Å²) in [6, 6.07) is 11.3. The van der Waals surface area contributed by atoms with Crippen molar-refractivity contribution in [3.63, 3.8) is 0 Å². The van der Waals surface area contributed by atoms with E-state index >= 15 is 0 Å². The summed E-state index contributed by atoms with van der Waals surface area (Å²) in [4.78, 5) is 23.3. The van der Waals surface area contributed by atoms with Crippen molar-refractivity contribution in [2.75, 3.05) is 13.1 Å². The molecule has 7 heteroatoms. The van der Waals surface area contributed by atoms with Gasteiger partial charge in [-0.3, -0.25) is 9.78 Å². The van der Waals surface area contributed by atoms with Crippen molar-refractivity contribution in [1.29, 1.82) is 0 Å². The second-order valence-electron chi connectivity index (χ2n) is 6.92. The maximum atomic E-state index is 12.8. The standard InChI is InChI=1S/C21H21ClN4O2/c22-17-3-1-15(2-4-17)20-21(16-5-9-23-10-6-16)26(14-24-20)13-19(28)25-11-7-18(27)8-12-25/h1-6,9-10,14,18,27H,7-8,11-13H2. The molecule has 3 heterocycles. The summed E-state index contributed by atoms with van der Waals surface area (Å²) < 4.78 is 1.88. The molecule has 0 bridgehead atoms. The summed E-state index contributed by atoms with van der Waals surface area (Å²) in [5.74, 6) is 0.0299. The molecule has 0 aliphatic carbocycles. The smallest absolute Gasteiger partial charge is 0.242 e. The van der Waals surface area contributed by atoms with Crippen molar-refractivity contribution >= 4 is 17.5 Å². The van der Waals surface area contributed by atoms with Crippen LogP contribution in [0, 0.1) is 0 Å². The highest BCUT2D eigenvalue weighted by Crippen LogP contribution is 2.31. The first-order valence-corrected chi connectivity index (χ1v) is 9.67. The summed E-state index contributed by atoms with van der Waals surface area (Å²) in [6.07, 6.45) is 6.11. The Labute approximate surface area is 168 Å². The van der Waals surface area contributed by atoms with E-state index in [0.29, 0.717) is 31.0 Å². The first kappa shape index (κ1) is 18.7. The van der Waals surface area contributed by atoms with Crippen LogP contribution in [0.5, 0.6) is 0 Å². The largest absolute Gasteiger partial charge is 0.393 e. The van der Waals surface area contributed by atoms with Gasteiger partial charge < -0.3 is 14.6 Å². The summed E-state index contributed by atoms with van der Waals surface area (Å²) in [5.41, 5.74) is 3.54. The highest BCUT2D eigenvalue weighted by atomic mass is 35.5. The Hall–Kier alpha value is -2.70. The predicted octanol–water partition coefficient (Wildman–Crippen LogP) is 3.25. The van der Waals surface area contributed by atoms with Gasteiger partial charge in [0.2, 0.25) is 5.91 Å². The van der Waals surface area contributed by atoms with Gasteiger partial charge in [-0.1, -0.05) is 23.7 Å². The number of nitrogens with zero attached hydrogens (tertiary/aromatic N) is 4. The van der Waals surface area contributed by atoms with E-state index in [-0.39, 0.29) is 18.6 Å². The van der Waals surface area contributed by atoms with Crippen LogP contribution < -0.4 is 0 Å². The van der Waals surface area contributed by atoms with Crippen molar-refractivity contribution in [2.45, 2.75) is 25.5 Å². The summed E-state index contributed by atoms with van der Waals surface area (Å²) in [7, 11) is 0. The highest BCUT2D eigenvalue weighted by Gasteiger charge is 2.23. The lowest BCUT2D eigenvalue weighted by Gasteiger charge is -2.29. The minimum absolute atomic E-state index is 0.0299. The second-order valence-corrected chi connectivity index (χ2v) is 7.36. The van der Waals surface area contributed by atoms with Crippen LogP contribution >= 0.6 is 11.6 Å². The van der Waals surface area contributed by atoms with Crippen LogP contribution in [0.2, 0.25) is 5.02 Å². The Balaban J connectivity index is 1.67. The average molecular weight is 397 g/mol. The van der Waals surface area contributed by atoms with Gasteiger partial charge in [0.25, 0.3) is 0 Å². The topological polar surface area (TPSA) is 71.2 Å². The number of imidazole rings is 1. The van der Waals surface area contributed by atoms with E-state index in [1.165, 1.54) is 0 Å². The summed E-state index contributed by atoms with van der Waals surface area (Å²) >= 11 is 6.02. The quantitative estimate of drug-likeness (QED) is 0.734. The van der Waals surface area contributed by atoms with E-state index in [0.717, 1.165) is 22.5 Å². The first-order chi connectivity index (χ1) is 13.6. The lowest BCUT2D eigenvalue weighted by Crippen LogP contribution is -2.41. The fourth-order valence-electron chi connectivity index (χ4n) is 3.49. The number of aliphatic hydroxyl groups excluding tert-OH is 1. The molecule has 3 aromatic rings. The van der Waals surface area contributed by atoms with Crippen LogP contribution in [-0.4, -0.2) is 49.6 Å². The fourth-order valence-corrected chi connectivity index (χ4v) is 3.62. The molecule has 0 radical (unpaired) electrons. The van der Waals surface area contributed by atoms with Gasteiger partial charge in [0.05, 0.1) is 23.8 Å². The molecule has 0 unspecified atom stereocenters. The maximum Gasteiger partial charge on any atom is 0.242 e. The third-order valence-corrected chi connectivity index (χ3v) is 5.28. The minimum atomic E-state index is -0.304. The Morgan fingerprint density at radius 3 is 2.43 bits per heavy atom. The van der Waals surface area contributed by atoms with Crippen LogP contribution in [0.3, 0.4) is 0 Å². The molecule has 1 saturated heterocycles. The molecule has 4 rings (SSSR count). The van der Waals surface area contributed by atoms with Crippen molar-refractivity contribution < 1.29 is 9.90 Å². The molecule has 28 heavy (non-hydrogen) atoms. The number of hydrogen-bond donors (Lipinski definition) is 1. The third kappa shape index (κ3) is 3.93. The van der Waals surface area contributed by atoms with E-state index in [1.54, 1.807) is 18.7 Å². The van der Waals surface area contributed by atoms with Gasteiger partial charge in [-0.2, -0.15) is 0 Å². The first-order valence-electron chi connectivity index (χ1n) is 9.29. The normalized spacial score (nSPS) is 15.0. The molecule has 0 saturated carbocycles. The molecule has 144 valence electrons. The van der Waals surface area contributed by atoms with Gasteiger partial charge in [-0.05, 0) is 37.1 Å². The molecular formula is C21H21ClN4O2. The van der Waals surface area contributed by atoms with Crippen LogP contribution in [0.1, 0.15) is 12.8 Å². The molecule has 1 aliphatic rings. The number of pyridine rings is 1. The number of piperidine rings is 1. The molecule has 1 aromatic carbocycles. The zero-order chi connectivity index (χ0) is 19.5. The molecule has 6 nitrogen and oxygen atoms in total. The number of benzene rings is 1. The van der Waals surface area contributed by atoms with Gasteiger partial charge in [0.1, 0.15) is 6.54 Å². The monoisotopic (exact) mass is 396 g/mol. The molecule has 1 aliphatic heterocycles. The van der Waals surface area contributed by atoms with Crippen molar-refractivity contribution in [3.05, 3.63) is 60.1 Å². The molecule has 1 fully saturated rings. The lowest BCUT2D eigenvalue weighted by molar-refractivity contribution is -0.133. The molecule has 0 atom stereocenters. The number of aliphatic hydroxyl groups is 1. The Bertz CT molecular complexity index is 948.